The number of benzene rings is 1. The molecule has 4 nitrogen and oxygen atoms in total. The number of Topliss-reactive ketones (excluding diaryl/α,β-unsaturated/α-hetero) is 1. The summed E-state index contributed by atoms with van der Waals surface area (Å²) >= 11 is 5.86. The number of rotatable bonds is 5. The lowest BCUT2D eigenvalue weighted by Crippen LogP contribution is -2.36. The predicted octanol–water partition coefficient (Wildman–Crippen LogP) is 1.89. The maximum absolute atomic E-state index is 12.0. The van der Waals surface area contributed by atoms with Gasteiger partial charge in [0.15, 0.2) is 5.78 Å². The summed E-state index contributed by atoms with van der Waals surface area (Å²) in [6, 6.07) is 4.19. The largest absolute Gasteiger partial charge is 0.481 e. The number of carbonyl (C=O) groups is 2. The number of aliphatic carboxylic acids is 1. The molecule has 2 N–H and O–H groups in total. The second-order valence-electron chi connectivity index (χ2n) is 3.77. The minimum absolute atomic E-state index is 0.239. The average Bonchev–Trinajstić information content (AvgIpc) is 2.28. The molecule has 0 fully saturated rings. The maximum atomic E-state index is 12.0. The Bertz CT molecular complexity index is 445. The van der Waals surface area contributed by atoms with Crippen molar-refractivity contribution in [2.75, 3.05) is 7.05 Å². The number of carboxylic acid groups (broad SMARTS) is 1. The van der Waals surface area contributed by atoms with Gasteiger partial charge in [-0.15, -0.1) is 0 Å². The van der Waals surface area contributed by atoms with Crippen LogP contribution in [0.25, 0.3) is 0 Å². The van der Waals surface area contributed by atoms with Gasteiger partial charge in [-0.2, -0.15) is 0 Å². The molecule has 0 aliphatic heterocycles. The molecule has 17 heavy (non-hydrogen) atoms. The van der Waals surface area contributed by atoms with Crippen LogP contribution in [0.15, 0.2) is 18.2 Å². The fourth-order valence-corrected chi connectivity index (χ4v) is 1.62. The summed E-state index contributed by atoms with van der Waals surface area (Å²) in [5, 5.41) is 12.0. The van der Waals surface area contributed by atoms with E-state index in [1.165, 1.54) is 0 Å². The molecule has 5 heteroatoms. The minimum Gasteiger partial charge on any atom is -0.481 e. The molecule has 0 aliphatic carbocycles. The normalized spacial score (nSPS) is 12.2. The summed E-state index contributed by atoms with van der Waals surface area (Å²) in [6.07, 6.45) is -0.239. The van der Waals surface area contributed by atoms with Crippen molar-refractivity contribution in [1.29, 1.82) is 0 Å². The van der Waals surface area contributed by atoms with E-state index in [1.54, 1.807) is 32.2 Å². The van der Waals surface area contributed by atoms with Crippen LogP contribution in [0.2, 0.25) is 5.02 Å². The molecule has 1 aromatic carbocycles. The van der Waals surface area contributed by atoms with E-state index in [4.69, 9.17) is 16.7 Å². The van der Waals surface area contributed by atoms with E-state index in [1.807, 2.05) is 0 Å². The van der Waals surface area contributed by atoms with Crippen LogP contribution in [0.5, 0.6) is 0 Å². The molecule has 0 saturated carbocycles. The lowest BCUT2D eigenvalue weighted by molar-refractivity contribution is -0.137. The van der Waals surface area contributed by atoms with Crippen LogP contribution in [0.4, 0.5) is 0 Å². The van der Waals surface area contributed by atoms with Gasteiger partial charge in [-0.25, -0.2) is 0 Å². The Morgan fingerprint density at radius 3 is 2.59 bits per heavy atom. The zero-order valence-corrected chi connectivity index (χ0v) is 10.4. The molecular formula is C12H14ClNO3. The third kappa shape index (κ3) is 3.54. The van der Waals surface area contributed by atoms with Gasteiger partial charge >= 0.3 is 5.97 Å². The highest BCUT2D eigenvalue weighted by atomic mass is 35.5. The molecule has 0 saturated heterocycles. The van der Waals surface area contributed by atoms with Gasteiger partial charge < -0.3 is 10.4 Å². The van der Waals surface area contributed by atoms with Crippen molar-refractivity contribution in [3.8, 4) is 0 Å². The Balaban J connectivity index is 2.93. The molecule has 1 aromatic rings. The van der Waals surface area contributed by atoms with Gasteiger partial charge in [-0.05, 0) is 37.7 Å². The summed E-state index contributed by atoms with van der Waals surface area (Å²) in [7, 11) is 1.56. The van der Waals surface area contributed by atoms with Gasteiger partial charge in [-0.1, -0.05) is 11.6 Å². The van der Waals surface area contributed by atoms with Crippen molar-refractivity contribution in [1.82, 2.24) is 5.32 Å². The highest BCUT2D eigenvalue weighted by Gasteiger charge is 2.21. The SMILES string of the molecule is CNC(CC(=O)O)C(=O)c1ccc(Cl)c(C)c1. The molecule has 92 valence electrons. The Labute approximate surface area is 105 Å². The summed E-state index contributed by atoms with van der Waals surface area (Å²) in [6.45, 7) is 1.80. The number of nitrogens with one attached hydrogen (secondary N) is 1. The smallest absolute Gasteiger partial charge is 0.305 e. The number of likely N-dealkylation sites (N-methyl/N-ethyl adjacent to an activating group) is 1. The highest BCUT2D eigenvalue weighted by Crippen LogP contribution is 2.17. The average molecular weight is 256 g/mol. The zero-order valence-electron chi connectivity index (χ0n) is 9.66. The Morgan fingerprint density at radius 1 is 1.47 bits per heavy atom. The molecule has 1 unspecified atom stereocenters. The molecule has 0 heterocycles. The van der Waals surface area contributed by atoms with Crippen LogP contribution < -0.4 is 5.32 Å². The molecule has 0 spiro atoms. The van der Waals surface area contributed by atoms with E-state index < -0.39 is 12.0 Å². The van der Waals surface area contributed by atoms with Crippen LogP contribution in [-0.4, -0.2) is 29.9 Å². The van der Waals surface area contributed by atoms with Crippen molar-refractivity contribution in [2.24, 2.45) is 0 Å². The van der Waals surface area contributed by atoms with E-state index in [0.717, 1.165) is 5.56 Å². The third-order valence-corrected chi connectivity index (χ3v) is 2.91. The van der Waals surface area contributed by atoms with Crippen LogP contribution in [-0.2, 0) is 4.79 Å². The zero-order chi connectivity index (χ0) is 13.0. The molecule has 1 rings (SSSR count). The number of hydrogen-bond donors (Lipinski definition) is 2. The molecule has 0 aromatic heterocycles. The Kier molecular flexibility index (Phi) is 4.66. The van der Waals surface area contributed by atoms with Gasteiger partial charge in [0.1, 0.15) is 0 Å². The van der Waals surface area contributed by atoms with Crippen molar-refractivity contribution in [2.45, 2.75) is 19.4 Å². The molecule has 0 amide bonds. The fourth-order valence-electron chi connectivity index (χ4n) is 1.50. The van der Waals surface area contributed by atoms with Crippen LogP contribution in [0.1, 0.15) is 22.3 Å². The molecule has 1 atom stereocenters. The Hall–Kier alpha value is -1.39. The fraction of sp³-hybridized carbons (Fsp3) is 0.333. The van der Waals surface area contributed by atoms with E-state index in [2.05, 4.69) is 5.32 Å². The lowest BCUT2D eigenvalue weighted by Gasteiger charge is -2.13. The van der Waals surface area contributed by atoms with Crippen molar-refractivity contribution < 1.29 is 14.7 Å². The number of carbonyl (C=O) groups excluding carboxylic acids is 1. The second-order valence-corrected chi connectivity index (χ2v) is 4.17. The van der Waals surface area contributed by atoms with Gasteiger partial charge in [0.25, 0.3) is 0 Å². The number of ketones is 1. The van der Waals surface area contributed by atoms with Crippen LogP contribution in [0.3, 0.4) is 0 Å². The van der Waals surface area contributed by atoms with Crippen molar-refractivity contribution in [3.63, 3.8) is 0 Å². The molecule has 0 radical (unpaired) electrons. The number of aryl methyl sites for hydroxylation is 1. The first-order valence-corrected chi connectivity index (χ1v) is 5.53. The van der Waals surface area contributed by atoms with Crippen molar-refractivity contribution >= 4 is 23.4 Å². The van der Waals surface area contributed by atoms with E-state index in [9.17, 15) is 9.59 Å². The topological polar surface area (TPSA) is 66.4 Å². The van der Waals surface area contributed by atoms with E-state index in [0.29, 0.717) is 10.6 Å². The van der Waals surface area contributed by atoms with Crippen molar-refractivity contribution in [3.05, 3.63) is 34.3 Å². The maximum Gasteiger partial charge on any atom is 0.305 e. The van der Waals surface area contributed by atoms with E-state index >= 15 is 0 Å². The van der Waals surface area contributed by atoms with Crippen LogP contribution in [0, 0.1) is 6.92 Å². The first-order chi connectivity index (χ1) is 7.95. The summed E-state index contributed by atoms with van der Waals surface area (Å²) in [5.74, 6) is -1.25. The monoisotopic (exact) mass is 255 g/mol. The number of carboxylic acids is 1. The number of halogens is 1. The van der Waals surface area contributed by atoms with E-state index in [-0.39, 0.29) is 12.2 Å². The van der Waals surface area contributed by atoms with Gasteiger partial charge in [0.05, 0.1) is 12.5 Å². The third-order valence-electron chi connectivity index (χ3n) is 2.49. The predicted molar refractivity (Wildman–Crippen MR) is 65.6 cm³/mol. The Morgan fingerprint density at radius 2 is 2.12 bits per heavy atom. The van der Waals surface area contributed by atoms with Gasteiger partial charge in [0.2, 0.25) is 0 Å². The molecule has 0 aliphatic rings. The summed E-state index contributed by atoms with van der Waals surface area (Å²) in [4.78, 5) is 22.6. The summed E-state index contributed by atoms with van der Waals surface area (Å²) < 4.78 is 0. The standard InChI is InChI=1S/C12H14ClNO3/c1-7-5-8(3-4-9(7)13)12(17)10(14-2)6-11(15)16/h3-5,10,14H,6H2,1-2H3,(H,15,16). The van der Waals surface area contributed by atoms with Gasteiger partial charge in [0, 0.05) is 10.6 Å². The second kappa shape index (κ2) is 5.80. The highest BCUT2D eigenvalue weighted by molar-refractivity contribution is 6.31. The quantitative estimate of drug-likeness (QED) is 0.789. The lowest BCUT2D eigenvalue weighted by atomic mass is 10.0. The first-order valence-electron chi connectivity index (χ1n) is 5.15. The molecular weight excluding hydrogens is 242 g/mol. The molecule has 0 bridgehead atoms. The minimum atomic E-state index is -1.01. The number of hydrogen-bond acceptors (Lipinski definition) is 3. The first kappa shape index (κ1) is 13.7. The van der Waals surface area contributed by atoms with Gasteiger partial charge in [-0.3, -0.25) is 9.59 Å². The summed E-state index contributed by atoms with van der Waals surface area (Å²) in [5.41, 5.74) is 1.26. The van der Waals surface area contributed by atoms with Crippen LogP contribution >= 0.6 is 11.6 Å².